The average Bonchev–Trinajstić information content (AvgIpc) is 2.62. The number of carbonyl (C=O) groups excluding carboxylic acids is 1. The number of nitrogens with zero attached hydrogens (tertiary/aromatic N) is 2. The van der Waals surface area contributed by atoms with Gasteiger partial charge in [-0.05, 0) is 50.8 Å². The monoisotopic (exact) mass is 366 g/mol. The van der Waals surface area contributed by atoms with E-state index in [1.807, 2.05) is 11.8 Å². The molecule has 0 radical (unpaired) electrons. The molecule has 0 N–H and O–H groups in total. The van der Waals surface area contributed by atoms with Gasteiger partial charge in [0, 0.05) is 31.2 Å². The van der Waals surface area contributed by atoms with Crippen molar-refractivity contribution in [1.29, 1.82) is 0 Å². The first-order valence-corrected chi connectivity index (χ1v) is 10.3. The van der Waals surface area contributed by atoms with Gasteiger partial charge in [-0.25, -0.2) is 8.42 Å². The molecule has 25 heavy (non-hydrogen) atoms. The number of hydrogen-bond donors (Lipinski definition) is 0. The van der Waals surface area contributed by atoms with Gasteiger partial charge in [-0.2, -0.15) is 4.31 Å². The summed E-state index contributed by atoms with van der Waals surface area (Å²) in [6.45, 7) is 6.16. The average molecular weight is 366 g/mol. The molecular weight excluding hydrogens is 340 g/mol. The number of morpholine rings is 1. The lowest BCUT2D eigenvalue weighted by Crippen LogP contribution is -2.42. The number of likely N-dealkylation sites (tertiary alicyclic amines) is 1. The molecule has 0 bridgehead atoms. The summed E-state index contributed by atoms with van der Waals surface area (Å²) < 4.78 is 32.4. The van der Waals surface area contributed by atoms with Gasteiger partial charge >= 0.3 is 0 Å². The molecule has 2 aliphatic heterocycles. The minimum absolute atomic E-state index is 0.0660. The largest absolute Gasteiger partial charge is 0.379 e. The molecule has 0 aromatic heterocycles. The highest BCUT2D eigenvalue weighted by Crippen LogP contribution is 2.24. The van der Waals surface area contributed by atoms with E-state index in [4.69, 9.17) is 4.74 Å². The predicted octanol–water partition coefficient (Wildman–Crippen LogP) is 2.03. The molecule has 1 unspecified atom stereocenters. The summed E-state index contributed by atoms with van der Waals surface area (Å²) in [6, 6.07) is 5.07. The highest BCUT2D eigenvalue weighted by Gasteiger charge is 2.29. The molecule has 2 fully saturated rings. The topological polar surface area (TPSA) is 66.9 Å². The highest BCUT2D eigenvalue weighted by molar-refractivity contribution is 7.89. The second kappa shape index (κ2) is 7.43. The Morgan fingerprint density at radius 1 is 1.16 bits per heavy atom. The third kappa shape index (κ3) is 3.73. The van der Waals surface area contributed by atoms with E-state index in [1.54, 1.807) is 18.2 Å². The number of piperidine rings is 1. The fourth-order valence-corrected chi connectivity index (χ4v) is 4.92. The number of aryl methyl sites for hydroxylation is 1. The molecule has 2 aliphatic rings. The van der Waals surface area contributed by atoms with Crippen LogP contribution in [0.5, 0.6) is 0 Å². The van der Waals surface area contributed by atoms with Gasteiger partial charge in [-0.3, -0.25) is 4.79 Å². The minimum atomic E-state index is -3.60. The number of ether oxygens (including phenoxy) is 1. The Morgan fingerprint density at radius 2 is 1.88 bits per heavy atom. The summed E-state index contributed by atoms with van der Waals surface area (Å²) in [6.07, 6.45) is 3.13. The van der Waals surface area contributed by atoms with Crippen LogP contribution >= 0.6 is 0 Å². The maximum Gasteiger partial charge on any atom is 0.254 e. The SMILES string of the molecule is Cc1ccc(S(=O)(=O)N2CCOCC2)cc1C(=O)N1CCCCC1C. The van der Waals surface area contributed by atoms with E-state index >= 15 is 0 Å². The second-order valence-corrected chi connectivity index (χ2v) is 8.77. The summed E-state index contributed by atoms with van der Waals surface area (Å²) in [4.78, 5) is 15.0. The Kier molecular flexibility index (Phi) is 5.46. The van der Waals surface area contributed by atoms with Gasteiger partial charge in [-0.15, -0.1) is 0 Å². The van der Waals surface area contributed by atoms with Crippen molar-refractivity contribution in [3.8, 4) is 0 Å². The van der Waals surface area contributed by atoms with Crippen LogP contribution in [0.1, 0.15) is 42.1 Å². The molecule has 6 nitrogen and oxygen atoms in total. The molecule has 1 aromatic carbocycles. The number of hydrogen-bond acceptors (Lipinski definition) is 4. The summed E-state index contributed by atoms with van der Waals surface area (Å²) in [5.41, 5.74) is 1.30. The summed E-state index contributed by atoms with van der Waals surface area (Å²) in [5.74, 6) is -0.0660. The molecule has 7 heteroatoms. The van der Waals surface area contributed by atoms with E-state index in [2.05, 4.69) is 6.92 Å². The van der Waals surface area contributed by atoms with Gasteiger partial charge in [0.2, 0.25) is 10.0 Å². The van der Waals surface area contributed by atoms with Gasteiger partial charge in [0.1, 0.15) is 0 Å². The van der Waals surface area contributed by atoms with E-state index < -0.39 is 10.0 Å². The predicted molar refractivity (Wildman–Crippen MR) is 95.1 cm³/mol. The summed E-state index contributed by atoms with van der Waals surface area (Å²) >= 11 is 0. The fourth-order valence-electron chi connectivity index (χ4n) is 3.48. The zero-order chi connectivity index (χ0) is 18.0. The first-order valence-electron chi connectivity index (χ1n) is 8.91. The third-order valence-corrected chi connectivity index (χ3v) is 7.01. The van der Waals surface area contributed by atoms with Crippen molar-refractivity contribution in [2.75, 3.05) is 32.8 Å². The Bertz CT molecular complexity index is 741. The van der Waals surface area contributed by atoms with Crippen LogP contribution in [-0.4, -0.2) is 62.4 Å². The maximum atomic E-state index is 13.0. The van der Waals surface area contributed by atoms with E-state index in [1.165, 1.54) is 4.31 Å². The molecule has 2 saturated heterocycles. The van der Waals surface area contributed by atoms with Gasteiger partial charge in [0.05, 0.1) is 18.1 Å². The van der Waals surface area contributed by atoms with Crippen molar-refractivity contribution >= 4 is 15.9 Å². The molecule has 0 spiro atoms. The number of carbonyl (C=O) groups is 1. The van der Waals surface area contributed by atoms with Crippen molar-refractivity contribution < 1.29 is 17.9 Å². The van der Waals surface area contributed by atoms with E-state index in [9.17, 15) is 13.2 Å². The molecule has 0 saturated carbocycles. The summed E-state index contributed by atoms with van der Waals surface area (Å²) in [7, 11) is -3.60. The molecule has 1 amide bonds. The van der Waals surface area contributed by atoms with Crippen molar-refractivity contribution in [2.45, 2.75) is 44.0 Å². The first-order chi connectivity index (χ1) is 11.9. The lowest BCUT2D eigenvalue weighted by Gasteiger charge is -2.34. The Balaban J connectivity index is 1.91. The van der Waals surface area contributed by atoms with Crippen LogP contribution in [0.4, 0.5) is 0 Å². The molecule has 2 heterocycles. The van der Waals surface area contributed by atoms with E-state index in [0.717, 1.165) is 31.4 Å². The minimum Gasteiger partial charge on any atom is -0.379 e. The highest BCUT2D eigenvalue weighted by atomic mass is 32.2. The molecule has 138 valence electrons. The molecule has 0 aliphatic carbocycles. The smallest absolute Gasteiger partial charge is 0.254 e. The lowest BCUT2D eigenvalue weighted by molar-refractivity contribution is 0.0634. The van der Waals surface area contributed by atoms with Crippen LogP contribution in [0.2, 0.25) is 0 Å². The van der Waals surface area contributed by atoms with Crippen LogP contribution in [-0.2, 0) is 14.8 Å². The molecule has 1 atom stereocenters. The number of sulfonamides is 1. The van der Waals surface area contributed by atoms with Crippen LogP contribution in [0.15, 0.2) is 23.1 Å². The van der Waals surface area contributed by atoms with Crippen LogP contribution in [0, 0.1) is 6.92 Å². The molecule has 1 aromatic rings. The van der Waals surface area contributed by atoms with Crippen LogP contribution < -0.4 is 0 Å². The quantitative estimate of drug-likeness (QED) is 0.821. The molecular formula is C18H26N2O4S. The first kappa shape index (κ1) is 18.4. The molecule has 3 rings (SSSR count). The third-order valence-electron chi connectivity index (χ3n) is 5.11. The van der Waals surface area contributed by atoms with E-state index in [0.29, 0.717) is 31.9 Å². The lowest BCUT2D eigenvalue weighted by atomic mass is 10.0. The standard InChI is InChI=1S/C18H26N2O4S/c1-14-6-7-16(25(22,23)19-9-11-24-12-10-19)13-17(14)18(21)20-8-4-3-5-15(20)2/h6-7,13,15H,3-5,8-12H2,1-2H3. The normalized spacial score (nSPS) is 22.8. The van der Waals surface area contributed by atoms with Gasteiger partial charge < -0.3 is 9.64 Å². The Labute approximate surface area is 149 Å². The van der Waals surface area contributed by atoms with Gasteiger partial charge in [0.25, 0.3) is 5.91 Å². The number of amides is 1. The zero-order valence-corrected chi connectivity index (χ0v) is 15.7. The number of benzene rings is 1. The van der Waals surface area contributed by atoms with E-state index in [-0.39, 0.29) is 16.8 Å². The van der Waals surface area contributed by atoms with Crippen LogP contribution in [0.25, 0.3) is 0 Å². The van der Waals surface area contributed by atoms with Gasteiger partial charge in [-0.1, -0.05) is 6.07 Å². The van der Waals surface area contributed by atoms with Crippen molar-refractivity contribution in [3.05, 3.63) is 29.3 Å². The fraction of sp³-hybridized carbons (Fsp3) is 0.611. The summed E-state index contributed by atoms with van der Waals surface area (Å²) in [5, 5.41) is 0. The second-order valence-electron chi connectivity index (χ2n) is 6.84. The zero-order valence-electron chi connectivity index (χ0n) is 14.9. The number of rotatable bonds is 3. The van der Waals surface area contributed by atoms with Crippen molar-refractivity contribution in [1.82, 2.24) is 9.21 Å². The maximum absolute atomic E-state index is 13.0. The van der Waals surface area contributed by atoms with Gasteiger partial charge in [0.15, 0.2) is 0 Å². The van der Waals surface area contributed by atoms with Crippen molar-refractivity contribution in [2.24, 2.45) is 0 Å². The Morgan fingerprint density at radius 3 is 2.56 bits per heavy atom. The van der Waals surface area contributed by atoms with Crippen molar-refractivity contribution in [3.63, 3.8) is 0 Å². The van der Waals surface area contributed by atoms with Crippen LogP contribution in [0.3, 0.4) is 0 Å². The Hall–Kier alpha value is -1.44.